The van der Waals surface area contributed by atoms with Crippen LogP contribution in [0.5, 0.6) is 0 Å². The van der Waals surface area contributed by atoms with E-state index >= 15 is 0 Å². The Morgan fingerprint density at radius 3 is 2.54 bits per heavy atom. The SMILES string of the molecule is CCC(C)CCCC(C)C(OC)C(C)C(=O)N(C)CCc1cccc(NC)c1. The van der Waals surface area contributed by atoms with Gasteiger partial charge in [-0.3, -0.25) is 4.79 Å². The van der Waals surface area contributed by atoms with E-state index in [-0.39, 0.29) is 17.9 Å². The molecule has 0 heterocycles. The first-order valence-corrected chi connectivity index (χ1v) is 10.9. The van der Waals surface area contributed by atoms with Crippen LogP contribution in [0.4, 0.5) is 5.69 Å². The van der Waals surface area contributed by atoms with Crippen molar-refractivity contribution in [2.24, 2.45) is 17.8 Å². The number of likely N-dealkylation sites (N-methyl/N-ethyl adjacent to an activating group) is 1. The summed E-state index contributed by atoms with van der Waals surface area (Å²) in [4.78, 5) is 14.8. The molecule has 0 bridgehead atoms. The second-order valence-electron chi connectivity index (χ2n) is 8.37. The summed E-state index contributed by atoms with van der Waals surface area (Å²) in [6.07, 6.45) is 5.63. The topological polar surface area (TPSA) is 41.6 Å². The molecule has 4 heteroatoms. The molecule has 0 aliphatic rings. The van der Waals surface area contributed by atoms with Crippen molar-refractivity contribution < 1.29 is 9.53 Å². The Kier molecular flexibility index (Phi) is 11.2. The van der Waals surface area contributed by atoms with Crippen LogP contribution in [0.1, 0.15) is 58.9 Å². The summed E-state index contributed by atoms with van der Waals surface area (Å²) in [7, 11) is 5.56. The fraction of sp³-hybridized carbons (Fsp3) is 0.708. The van der Waals surface area contributed by atoms with E-state index in [9.17, 15) is 4.79 Å². The molecule has 28 heavy (non-hydrogen) atoms. The van der Waals surface area contributed by atoms with Crippen molar-refractivity contribution in [3.63, 3.8) is 0 Å². The van der Waals surface area contributed by atoms with Gasteiger partial charge in [0.2, 0.25) is 5.91 Å². The molecule has 0 radical (unpaired) electrons. The van der Waals surface area contributed by atoms with Gasteiger partial charge in [0.15, 0.2) is 0 Å². The predicted octanol–water partition coefficient (Wildman–Crippen LogP) is 5.23. The summed E-state index contributed by atoms with van der Waals surface area (Å²) in [6, 6.07) is 8.35. The second-order valence-corrected chi connectivity index (χ2v) is 8.37. The molecule has 0 fully saturated rings. The van der Waals surface area contributed by atoms with E-state index in [2.05, 4.69) is 38.2 Å². The number of hydrogen-bond donors (Lipinski definition) is 1. The molecule has 1 aromatic carbocycles. The van der Waals surface area contributed by atoms with Crippen LogP contribution in [0.25, 0.3) is 0 Å². The molecule has 1 N–H and O–H groups in total. The molecule has 0 aliphatic carbocycles. The van der Waals surface area contributed by atoms with E-state index in [0.717, 1.165) is 31.0 Å². The van der Waals surface area contributed by atoms with E-state index in [4.69, 9.17) is 4.74 Å². The minimum Gasteiger partial charge on any atom is -0.388 e. The first kappa shape index (κ1) is 24.5. The Labute approximate surface area is 173 Å². The molecule has 1 rings (SSSR count). The van der Waals surface area contributed by atoms with Gasteiger partial charge in [0.25, 0.3) is 0 Å². The number of anilines is 1. The van der Waals surface area contributed by atoms with Crippen LogP contribution in [0.15, 0.2) is 24.3 Å². The highest BCUT2D eigenvalue weighted by Gasteiger charge is 2.30. The molecule has 4 atom stereocenters. The highest BCUT2D eigenvalue weighted by Crippen LogP contribution is 2.24. The number of amides is 1. The number of benzene rings is 1. The third-order valence-electron chi connectivity index (χ3n) is 6.10. The number of ether oxygens (including phenoxy) is 1. The summed E-state index contributed by atoms with van der Waals surface area (Å²) in [6.45, 7) is 9.51. The molecule has 1 aromatic rings. The fourth-order valence-electron chi connectivity index (χ4n) is 3.86. The Morgan fingerprint density at radius 2 is 1.93 bits per heavy atom. The lowest BCUT2D eigenvalue weighted by Crippen LogP contribution is -2.41. The van der Waals surface area contributed by atoms with Crippen LogP contribution in [0.2, 0.25) is 0 Å². The summed E-state index contributed by atoms with van der Waals surface area (Å²) in [5.41, 5.74) is 2.34. The van der Waals surface area contributed by atoms with Gasteiger partial charge in [-0.2, -0.15) is 0 Å². The molecular formula is C24H42N2O2. The lowest BCUT2D eigenvalue weighted by molar-refractivity contribution is -0.139. The highest BCUT2D eigenvalue weighted by molar-refractivity contribution is 5.78. The van der Waals surface area contributed by atoms with Crippen LogP contribution in [-0.4, -0.2) is 44.7 Å². The van der Waals surface area contributed by atoms with Gasteiger partial charge in [0.05, 0.1) is 12.0 Å². The first-order valence-electron chi connectivity index (χ1n) is 10.9. The normalized spacial score (nSPS) is 15.5. The summed E-state index contributed by atoms with van der Waals surface area (Å²) >= 11 is 0. The number of hydrogen-bond acceptors (Lipinski definition) is 3. The van der Waals surface area contributed by atoms with Crippen molar-refractivity contribution in [1.82, 2.24) is 4.90 Å². The average molecular weight is 391 g/mol. The smallest absolute Gasteiger partial charge is 0.227 e. The zero-order valence-corrected chi connectivity index (χ0v) is 19.1. The Morgan fingerprint density at radius 1 is 1.21 bits per heavy atom. The maximum atomic E-state index is 13.0. The molecule has 0 saturated carbocycles. The number of nitrogens with one attached hydrogen (secondary N) is 1. The summed E-state index contributed by atoms with van der Waals surface area (Å²) in [5, 5.41) is 3.16. The van der Waals surface area contributed by atoms with Crippen molar-refractivity contribution in [3.05, 3.63) is 29.8 Å². The van der Waals surface area contributed by atoms with E-state index in [1.807, 2.05) is 38.1 Å². The first-order chi connectivity index (χ1) is 13.3. The zero-order valence-electron chi connectivity index (χ0n) is 19.1. The molecule has 1 amide bonds. The highest BCUT2D eigenvalue weighted by atomic mass is 16.5. The van der Waals surface area contributed by atoms with Crippen LogP contribution in [0.3, 0.4) is 0 Å². The second kappa shape index (κ2) is 12.8. The molecule has 0 saturated heterocycles. The zero-order chi connectivity index (χ0) is 21.1. The van der Waals surface area contributed by atoms with Gasteiger partial charge in [-0.15, -0.1) is 0 Å². The van der Waals surface area contributed by atoms with Gasteiger partial charge in [-0.05, 0) is 42.4 Å². The lowest BCUT2D eigenvalue weighted by Gasteiger charge is -2.31. The lowest BCUT2D eigenvalue weighted by atomic mass is 9.87. The van der Waals surface area contributed by atoms with Crippen LogP contribution in [0, 0.1) is 17.8 Å². The van der Waals surface area contributed by atoms with E-state index < -0.39 is 0 Å². The number of carbonyl (C=O) groups is 1. The third kappa shape index (κ3) is 7.83. The number of methoxy groups -OCH3 is 1. The Bertz CT molecular complexity index is 575. The maximum Gasteiger partial charge on any atom is 0.227 e. The third-order valence-corrected chi connectivity index (χ3v) is 6.10. The van der Waals surface area contributed by atoms with Crippen molar-refractivity contribution in [2.45, 2.75) is 65.9 Å². The van der Waals surface area contributed by atoms with Gasteiger partial charge in [0.1, 0.15) is 0 Å². The van der Waals surface area contributed by atoms with Gasteiger partial charge in [0, 0.05) is 33.4 Å². The van der Waals surface area contributed by atoms with Crippen molar-refractivity contribution in [3.8, 4) is 0 Å². The van der Waals surface area contributed by atoms with Gasteiger partial charge in [-0.25, -0.2) is 0 Å². The number of carbonyl (C=O) groups excluding carboxylic acids is 1. The van der Waals surface area contributed by atoms with Gasteiger partial charge >= 0.3 is 0 Å². The monoisotopic (exact) mass is 390 g/mol. The van der Waals surface area contributed by atoms with Crippen LogP contribution < -0.4 is 5.32 Å². The van der Waals surface area contributed by atoms with Crippen molar-refractivity contribution in [1.29, 1.82) is 0 Å². The van der Waals surface area contributed by atoms with Gasteiger partial charge in [-0.1, -0.05) is 59.1 Å². The molecule has 0 aromatic heterocycles. The minimum atomic E-state index is -0.128. The number of rotatable bonds is 13. The molecule has 160 valence electrons. The van der Waals surface area contributed by atoms with E-state index in [1.165, 1.54) is 24.8 Å². The molecule has 0 spiro atoms. The van der Waals surface area contributed by atoms with E-state index in [1.54, 1.807) is 7.11 Å². The molecule has 4 unspecified atom stereocenters. The molecular weight excluding hydrogens is 348 g/mol. The average Bonchev–Trinajstić information content (AvgIpc) is 2.71. The van der Waals surface area contributed by atoms with Crippen molar-refractivity contribution >= 4 is 11.6 Å². The number of nitrogens with zero attached hydrogens (tertiary/aromatic N) is 1. The van der Waals surface area contributed by atoms with Gasteiger partial charge < -0.3 is 15.0 Å². The largest absolute Gasteiger partial charge is 0.388 e. The fourth-order valence-corrected chi connectivity index (χ4v) is 3.86. The summed E-state index contributed by atoms with van der Waals surface area (Å²) in [5.74, 6) is 1.20. The standard InChI is InChI=1S/C24H42N2O2/c1-8-18(2)11-9-12-19(3)23(28-7)20(4)24(27)26(6)16-15-21-13-10-14-22(17-21)25-5/h10,13-14,17-20,23,25H,8-9,11-12,15-16H2,1-7H3. The molecule has 4 nitrogen and oxygen atoms in total. The minimum absolute atomic E-state index is 0.0282. The quantitative estimate of drug-likeness (QED) is 0.501. The van der Waals surface area contributed by atoms with Crippen LogP contribution >= 0.6 is 0 Å². The van der Waals surface area contributed by atoms with E-state index in [0.29, 0.717) is 5.92 Å². The molecule has 0 aliphatic heterocycles. The van der Waals surface area contributed by atoms with Crippen molar-refractivity contribution in [2.75, 3.05) is 33.1 Å². The van der Waals surface area contributed by atoms with Crippen LogP contribution in [-0.2, 0) is 16.0 Å². The predicted molar refractivity (Wildman–Crippen MR) is 120 cm³/mol. The Hall–Kier alpha value is -1.55. The maximum absolute atomic E-state index is 13.0. The summed E-state index contributed by atoms with van der Waals surface area (Å²) < 4.78 is 5.77. The Balaban J connectivity index is 2.56.